The fraction of sp³-hybridized carbons (Fsp3) is 0.667. The van der Waals surface area contributed by atoms with Gasteiger partial charge in [0.1, 0.15) is 0 Å². The van der Waals surface area contributed by atoms with E-state index in [4.69, 9.17) is 4.55 Å². The normalized spacial score (nSPS) is 13.1. The fourth-order valence-electron chi connectivity index (χ4n) is 0.687. The average molecular weight is 243 g/mol. The highest BCUT2D eigenvalue weighted by Gasteiger charge is 2.13. The third-order valence-corrected chi connectivity index (χ3v) is 3.89. The van der Waals surface area contributed by atoms with Gasteiger partial charge in [-0.05, 0) is 6.42 Å². The Kier molecular flexibility index (Phi) is 4.72. The van der Waals surface area contributed by atoms with Crippen molar-refractivity contribution in [2.45, 2.75) is 6.42 Å². The molecule has 0 aromatic rings. The van der Waals surface area contributed by atoms with E-state index in [1.54, 1.807) is 0 Å². The first kappa shape index (κ1) is 13.6. The van der Waals surface area contributed by atoms with E-state index in [1.165, 1.54) is 0 Å². The van der Waals surface area contributed by atoms with Crippen molar-refractivity contribution in [3.8, 4) is 0 Å². The molecule has 1 N–H and O–H groups in total. The molecule has 0 saturated carbocycles. The second-order valence-corrected chi connectivity index (χ2v) is 6.27. The third-order valence-electron chi connectivity index (χ3n) is 1.55. The van der Waals surface area contributed by atoms with Gasteiger partial charge in [0.15, 0.2) is 9.84 Å². The van der Waals surface area contributed by atoms with E-state index < -0.39 is 20.1 Å². The predicted molar refractivity (Wildman–Crippen MR) is 52.8 cm³/mol. The average Bonchev–Trinajstić information content (AvgIpc) is 2.02. The van der Waals surface area contributed by atoms with Crippen molar-refractivity contribution in [1.29, 1.82) is 0 Å². The molecule has 0 saturated heterocycles. The zero-order chi connectivity index (χ0) is 11.4. The second-order valence-electron chi connectivity index (χ2n) is 2.69. The molecule has 0 aliphatic heterocycles. The molecular weight excluding hydrogens is 230 g/mol. The number of hydrogen-bond acceptors (Lipinski definition) is 4. The maximum atomic E-state index is 10.9. The monoisotopic (exact) mass is 243 g/mol. The molecular formula is C6H13NO5S2. The van der Waals surface area contributed by atoms with Gasteiger partial charge in [-0.15, -0.1) is 0 Å². The lowest BCUT2D eigenvalue weighted by molar-refractivity contribution is 0.386. The van der Waals surface area contributed by atoms with E-state index >= 15 is 0 Å². The Morgan fingerprint density at radius 1 is 1.36 bits per heavy atom. The van der Waals surface area contributed by atoms with E-state index in [2.05, 4.69) is 6.58 Å². The van der Waals surface area contributed by atoms with Gasteiger partial charge < -0.3 is 0 Å². The Hall–Kier alpha value is -0.440. The Bertz CT molecular complexity index is 382. The summed E-state index contributed by atoms with van der Waals surface area (Å²) in [7, 11) is -6.35. The van der Waals surface area contributed by atoms with Crippen LogP contribution in [0.1, 0.15) is 6.42 Å². The summed E-state index contributed by atoms with van der Waals surface area (Å²) in [6, 6.07) is 0. The molecule has 0 atom stereocenters. The molecule has 0 aromatic carbocycles. The first-order chi connectivity index (χ1) is 6.19. The molecule has 84 valence electrons. The number of nitrogens with zero attached hydrogens (tertiary/aromatic N) is 1. The van der Waals surface area contributed by atoms with Crippen molar-refractivity contribution in [3.63, 3.8) is 0 Å². The molecule has 14 heavy (non-hydrogen) atoms. The second kappa shape index (κ2) is 4.87. The van der Waals surface area contributed by atoms with Crippen LogP contribution < -0.4 is 0 Å². The van der Waals surface area contributed by atoms with Gasteiger partial charge in [0, 0.05) is 19.0 Å². The summed E-state index contributed by atoms with van der Waals surface area (Å²) in [5.41, 5.74) is 0. The van der Waals surface area contributed by atoms with Crippen molar-refractivity contribution < 1.29 is 21.4 Å². The van der Waals surface area contributed by atoms with Crippen LogP contribution in [0.15, 0.2) is 12.0 Å². The maximum Gasteiger partial charge on any atom is 0.335 e. The van der Waals surface area contributed by atoms with E-state index in [0.717, 1.165) is 12.5 Å². The lowest BCUT2D eigenvalue weighted by Gasteiger charge is -2.11. The van der Waals surface area contributed by atoms with Gasteiger partial charge in [0.2, 0.25) is 0 Å². The van der Waals surface area contributed by atoms with Crippen molar-refractivity contribution in [3.05, 3.63) is 12.0 Å². The van der Waals surface area contributed by atoms with E-state index in [1.807, 2.05) is 0 Å². The van der Waals surface area contributed by atoms with Crippen LogP contribution in [0.5, 0.6) is 0 Å². The van der Waals surface area contributed by atoms with Crippen LogP contribution in [0.2, 0.25) is 0 Å². The Morgan fingerprint density at radius 2 is 1.86 bits per heavy atom. The minimum absolute atomic E-state index is 0.0497. The maximum absolute atomic E-state index is 10.9. The summed E-state index contributed by atoms with van der Waals surface area (Å²) in [4.78, 5) is 0. The van der Waals surface area contributed by atoms with Crippen LogP contribution in [0, 0.1) is 0 Å². The molecule has 0 aliphatic carbocycles. The van der Waals surface area contributed by atoms with Gasteiger partial charge in [0.25, 0.3) is 0 Å². The van der Waals surface area contributed by atoms with Gasteiger partial charge in [-0.2, -0.15) is 12.7 Å². The zero-order valence-electron chi connectivity index (χ0n) is 7.75. The SMILES string of the molecule is C=CS(=O)(=O)CCCN(C)S(=O)(=O)O. The van der Waals surface area contributed by atoms with Crippen molar-refractivity contribution >= 4 is 20.1 Å². The lowest BCUT2D eigenvalue weighted by atomic mass is 10.5. The number of sulfone groups is 1. The van der Waals surface area contributed by atoms with Crippen LogP contribution >= 0.6 is 0 Å². The highest BCUT2D eigenvalue weighted by molar-refractivity contribution is 7.94. The number of hydrogen-bond donors (Lipinski definition) is 1. The van der Waals surface area contributed by atoms with E-state index in [-0.39, 0.29) is 18.7 Å². The molecule has 6 nitrogen and oxygen atoms in total. The first-order valence-electron chi connectivity index (χ1n) is 3.73. The summed E-state index contributed by atoms with van der Waals surface area (Å²) < 4.78 is 51.9. The molecule has 8 heteroatoms. The molecule has 0 aliphatic rings. The van der Waals surface area contributed by atoms with Crippen molar-refractivity contribution in [2.24, 2.45) is 0 Å². The van der Waals surface area contributed by atoms with Crippen molar-refractivity contribution in [2.75, 3.05) is 19.3 Å². The molecule has 0 amide bonds. The summed E-state index contributed by atoms with van der Waals surface area (Å²) in [5.74, 6) is -0.184. The van der Waals surface area contributed by atoms with Gasteiger partial charge in [-0.3, -0.25) is 4.55 Å². The summed E-state index contributed by atoms with van der Waals surface area (Å²) in [6.07, 6.45) is 0.116. The molecule has 0 unspecified atom stereocenters. The molecule has 0 aromatic heterocycles. The summed E-state index contributed by atoms with van der Waals surface area (Å²) in [5, 5.41) is 0.820. The van der Waals surface area contributed by atoms with Crippen molar-refractivity contribution in [1.82, 2.24) is 4.31 Å². The van der Waals surface area contributed by atoms with Gasteiger partial charge >= 0.3 is 10.3 Å². The minimum atomic E-state index is -4.21. The van der Waals surface area contributed by atoms with Crippen LogP contribution in [-0.4, -0.2) is 45.0 Å². The van der Waals surface area contributed by atoms with Crippen LogP contribution in [0.3, 0.4) is 0 Å². The van der Waals surface area contributed by atoms with Crippen LogP contribution in [0.25, 0.3) is 0 Å². The standard InChI is InChI=1S/C6H13NO5S2/c1-3-13(8,9)6-4-5-7(2)14(10,11)12/h3H,1,4-6H2,2H3,(H,10,11,12). The summed E-state index contributed by atoms with van der Waals surface area (Å²) >= 11 is 0. The van der Waals surface area contributed by atoms with Gasteiger partial charge in [-0.25, -0.2) is 8.42 Å². The third kappa shape index (κ3) is 5.32. The molecule has 0 fully saturated rings. The largest absolute Gasteiger partial charge is 0.335 e. The highest BCUT2D eigenvalue weighted by Crippen LogP contribution is 1.99. The van der Waals surface area contributed by atoms with E-state index in [0.29, 0.717) is 4.31 Å². The van der Waals surface area contributed by atoms with Crippen LogP contribution in [0.4, 0.5) is 0 Å². The quantitative estimate of drug-likeness (QED) is 0.645. The van der Waals surface area contributed by atoms with Crippen LogP contribution in [-0.2, 0) is 20.1 Å². The fourth-order valence-corrected chi connectivity index (χ4v) is 1.75. The lowest BCUT2D eigenvalue weighted by Crippen LogP contribution is -2.28. The summed E-state index contributed by atoms with van der Waals surface area (Å²) in [6.45, 7) is 3.06. The zero-order valence-corrected chi connectivity index (χ0v) is 9.38. The van der Waals surface area contributed by atoms with Gasteiger partial charge in [0.05, 0.1) is 5.75 Å². The molecule has 0 radical (unpaired) electrons. The molecule has 0 bridgehead atoms. The number of rotatable bonds is 6. The first-order valence-corrected chi connectivity index (χ1v) is 6.84. The smallest absolute Gasteiger partial charge is 0.273 e. The Balaban J connectivity index is 4.06. The molecule has 0 heterocycles. The van der Waals surface area contributed by atoms with E-state index in [9.17, 15) is 16.8 Å². The highest BCUT2D eigenvalue weighted by atomic mass is 32.2. The molecule has 0 rings (SSSR count). The Morgan fingerprint density at radius 3 is 2.21 bits per heavy atom. The van der Waals surface area contributed by atoms with Gasteiger partial charge in [-0.1, -0.05) is 6.58 Å². The minimum Gasteiger partial charge on any atom is -0.273 e. The Labute approximate surface area is 84.0 Å². The predicted octanol–water partition coefficient (Wildman–Crippen LogP) is -0.331. The molecule has 0 spiro atoms. The topological polar surface area (TPSA) is 91.8 Å².